The number of likely N-dealkylation sites (tertiary alicyclic amines) is 1. The molecule has 5 heteroatoms. The van der Waals surface area contributed by atoms with Gasteiger partial charge in [0.1, 0.15) is 0 Å². The smallest absolute Gasteiger partial charge is 0.317 e. The maximum atomic E-state index is 12.3. The summed E-state index contributed by atoms with van der Waals surface area (Å²) >= 11 is 0. The van der Waals surface area contributed by atoms with E-state index in [0.717, 1.165) is 38.3 Å². The molecule has 0 bridgehead atoms. The lowest BCUT2D eigenvalue weighted by Crippen LogP contribution is -2.51. The predicted molar refractivity (Wildman–Crippen MR) is 80.3 cm³/mol. The molecule has 0 radical (unpaired) electrons. The summed E-state index contributed by atoms with van der Waals surface area (Å²) < 4.78 is 11.1. The molecule has 0 aromatic heterocycles. The number of urea groups is 1. The van der Waals surface area contributed by atoms with Crippen LogP contribution in [-0.2, 0) is 9.47 Å². The molecular formula is C16H28N2O3. The number of nitrogens with zero attached hydrogens (tertiary/aromatic N) is 1. The van der Waals surface area contributed by atoms with Crippen molar-refractivity contribution < 1.29 is 14.3 Å². The fourth-order valence-corrected chi connectivity index (χ4v) is 4.03. The van der Waals surface area contributed by atoms with Gasteiger partial charge in [-0.05, 0) is 44.4 Å². The second kappa shape index (κ2) is 7.45. The van der Waals surface area contributed by atoms with Crippen LogP contribution in [0.15, 0.2) is 0 Å². The topological polar surface area (TPSA) is 50.8 Å². The number of carbonyl (C=O) groups is 1. The van der Waals surface area contributed by atoms with E-state index in [-0.39, 0.29) is 12.1 Å². The summed E-state index contributed by atoms with van der Waals surface area (Å²) in [6, 6.07) is 0.596. The zero-order valence-corrected chi connectivity index (χ0v) is 12.9. The maximum Gasteiger partial charge on any atom is 0.317 e. The number of ether oxygens (including phenoxy) is 2. The normalized spacial score (nSPS) is 32.2. The van der Waals surface area contributed by atoms with E-state index < -0.39 is 0 Å². The molecule has 120 valence electrons. The Balaban J connectivity index is 1.32. The van der Waals surface area contributed by atoms with Gasteiger partial charge in [-0.2, -0.15) is 0 Å². The molecule has 2 saturated heterocycles. The summed E-state index contributed by atoms with van der Waals surface area (Å²) in [5.74, 6) is 0.750. The predicted octanol–water partition coefficient (Wildman–Crippen LogP) is 2.16. The quantitative estimate of drug-likeness (QED) is 0.791. The number of piperidine rings is 1. The van der Waals surface area contributed by atoms with Crippen molar-refractivity contribution >= 4 is 6.03 Å². The van der Waals surface area contributed by atoms with Gasteiger partial charge < -0.3 is 19.7 Å². The largest absolute Gasteiger partial charge is 0.377 e. The van der Waals surface area contributed by atoms with Gasteiger partial charge in [-0.25, -0.2) is 4.79 Å². The Labute approximate surface area is 127 Å². The summed E-state index contributed by atoms with van der Waals surface area (Å²) in [6.07, 6.45) is 8.74. The van der Waals surface area contributed by atoms with Crippen molar-refractivity contribution in [1.29, 1.82) is 0 Å². The fraction of sp³-hybridized carbons (Fsp3) is 0.938. The minimum Gasteiger partial charge on any atom is -0.377 e. The third-order valence-corrected chi connectivity index (χ3v) is 5.10. The van der Waals surface area contributed by atoms with Crippen molar-refractivity contribution in [3.05, 3.63) is 0 Å². The van der Waals surface area contributed by atoms with Crippen LogP contribution in [0.1, 0.15) is 44.9 Å². The lowest BCUT2D eigenvalue weighted by atomic mass is 9.92. The number of rotatable bonds is 5. The first kappa shape index (κ1) is 15.1. The van der Waals surface area contributed by atoms with Gasteiger partial charge in [0.05, 0.1) is 19.3 Å². The number of hydrogen-bond acceptors (Lipinski definition) is 3. The van der Waals surface area contributed by atoms with E-state index in [0.29, 0.717) is 25.8 Å². The van der Waals surface area contributed by atoms with Crippen molar-refractivity contribution in [3.8, 4) is 0 Å². The average molecular weight is 296 g/mol. The molecule has 3 aliphatic rings. The molecule has 1 N–H and O–H groups in total. The van der Waals surface area contributed by atoms with Crippen molar-refractivity contribution in [2.75, 3.05) is 32.9 Å². The van der Waals surface area contributed by atoms with Crippen LogP contribution in [0.4, 0.5) is 4.79 Å². The molecule has 0 unspecified atom stereocenters. The van der Waals surface area contributed by atoms with Gasteiger partial charge in [0, 0.05) is 25.7 Å². The Hall–Kier alpha value is -0.810. The van der Waals surface area contributed by atoms with Gasteiger partial charge in [0.25, 0.3) is 0 Å². The molecule has 2 heterocycles. The van der Waals surface area contributed by atoms with Gasteiger partial charge in [-0.15, -0.1) is 0 Å². The summed E-state index contributed by atoms with van der Waals surface area (Å²) in [4.78, 5) is 14.4. The second-order valence-electron chi connectivity index (χ2n) is 6.54. The summed E-state index contributed by atoms with van der Waals surface area (Å²) in [5.41, 5.74) is 0. The molecule has 21 heavy (non-hydrogen) atoms. The standard InChI is InChI=1S/C16H28N2O3/c19-16(17-8-11-20-12-14-6-3-10-21-14)18-9-2-5-13-4-1-7-15(13)18/h13-15H,1-12H2,(H,17,19)/t13-,14-,15-/m0/s1. The molecule has 2 amide bonds. The first-order chi connectivity index (χ1) is 10.3. The molecule has 3 fully saturated rings. The minimum atomic E-state index is 0.104. The molecule has 0 aromatic rings. The van der Waals surface area contributed by atoms with Crippen LogP contribution < -0.4 is 5.32 Å². The Morgan fingerprint density at radius 1 is 1.19 bits per heavy atom. The van der Waals surface area contributed by atoms with E-state index in [1.54, 1.807) is 0 Å². The van der Waals surface area contributed by atoms with Crippen LogP contribution >= 0.6 is 0 Å². The fourth-order valence-electron chi connectivity index (χ4n) is 4.03. The Morgan fingerprint density at radius 2 is 2.10 bits per heavy atom. The van der Waals surface area contributed by atoms with Crippen molar-refractivity contribution in [3.63, 3.8) is 0 Å². The molecule has 3 atom stereocenters. The third kappa shape index (κ3) is 3.89. The lowest BCUT2D eigenvalue weighted by Gasteiger charge is -2.37. The van der Waals surface area contributed by atoms with Gasteiger partial charge in [-0.1, -0.05) is 6.42 Å². The molecule has 1 saturated carbocycles. The Bertz CT molecular complexity index is 344. The first-order valence-electron chi connectivity index (χ1n) is 8.58. The van der Waals surface area contributed by atoms with Crippen molar-refractivity contribution in [1.82, 2.24) is 10.2 Å². The third-order valence-electron chi connectivity index (χ3n) is 5.10. The van der Waals surface area contributed by atoms with Gasteiger partial charge >= 0.3 is 6.03 Å². The van der Waals surface area contributed by atoms with Crippen LogP contribution in [0.25, 0.3) is 0 Å². The van der Waals surface area contributed by atoms with Gasteiger partial charge in [0.15, 0.2) is 0 Å². The van der Waals surface area contributed by atoms with E-state index in [1.807, 2.05) is 0 Å². The number of fused-ring (bicyclic) bond motifs is 1. The maximum absolute atomic E-state index is 12.3. The molecule has 0 aromatic carbocycles. The van der Waals surface area contributed by atoms with Gasteiger partial charge in [0.2, 0.25) is 0 Å². The molecular weight excluding hydrogens is 268 g/mol. The van der Waals surface area contributed by atoms with Crippen LogP contribution in [-0.4, -0.2) is 56.0 Å². The highest BCUT2D eigenvalue weighted by Crippen LogP contribution is 2.36. The Kier molecular flexibility index (Phi) is 5.36. The molecule has 0 spiro atoms. The molecule has 3 rings (SSSR count). The van der Waals surface area contributed by atoms with E-state index in [2.05, 4.69) is 10.2 Å². The molecule has 2 aliphatic heterocycles. The SMILES string of the molecule is O=C(NCCOC[C@@H]1CCCO1)N1CCC[C@@H]2CCC[C@@H]21. The summed E-state index contributed by atoms with van der Waals surface area (Å²) in [5, 5.41) is 3.01. The zero-order valence-electron chi connectivity index (χ0n) is 12.9. The first-order valence-corrected chi connectivity index (χ1v) is 8.58. The van der Waals surface area contributed by atoms with E-state index >= 15 is 0 Å². The number of nitrogens with one attached hydrogen (secondary N) is 1. The summed E-state index contributed by atoms with van der Waals surface area (Å²) in [7, 11) is 0. The highest BCUT2D eigenvalue weighted by Gasteiger charge is 2.37. The minimum absolute atomic E-state index is 0.104. The number of amides is 2. The van der Waals surface area contributed by atoms with Crippen molar-refractivity contribution in [2.45, 2.75) is 57.1 Å². The second-order valence-corrected chi connectivity index (χ2v) is 6.54. The summed E-state index contributed by atoms with van der Waals surface area (Å²) in [6.45, 7) is 3.61. The average Bonchev–Trinajstić information content (AvgIpc) is 3.17. The zero-order chi connectivity index (χ0) is 14.5. The Morgan fingerprint density at radius 3 is 2.95 bits per heavy atom. The van der Waals surface area contributed by atoms with E-state index in [4.69, 9.17) is 9.47 Å². The highest BCUT2D eigenvalue weighted by molar-refractivity contribution is 5.74. The monoisotopic (exact) mass is 296 g/mol. The van der Waals surface area contributed by atoms with Crippen LogP contribution in [0.5, 0.6) is 0 Å². The van der Waals surface area contributed by atoms with E-state index in [9.17, 15) is 4.79 Å². The highest BCUT2D eigenvalue weighted by atomic mass is 16.5. The lowest BCUT2D eigenvalue weighted by molar-refractivity contribution is 0.0183. The molecule has 5 nitrogen and oxygen atoms in total. The van der Waals surface area contributed by atoms with Crippen LogP contribution in [0.3, 0.4) is 0 Å². The van der Waals surface area contributed by atoms with Crippen molar-refractivity contribution in [2.24, 2.45) is 5.92 Å². The van der Waals surface area contributed by atoms with Crippen LogP contribution in [0.2, 0.25) is 0 Å². The van der Waals surface area contributed by atoms with E-state index in [1.165, 1.54) is 25.7 Å². The van der Waals surface area contributed by atoms with Crippen LogP contribution in [0, 0.1) is 5.92 Å². The molecule has 1 aliphatic carbocycles. The number of carbonyl (C=O) groups excluding carboxylic acids is 1. The van der Waals surface area contributed by atoms with Gasteiger partial charge in [-0.3, -0.25) is 0 Å². The number of hydrogen-bond donors (Lipinski definition) is 1.